The van der Waals surface area contributed by atoms with Crippen molar-refractivity contribution < 1.29 is 13.7 Å². The standard InChI is InChI=1S/C20H28N4O3S/c1-13(23-18(25)27-19(2,3)4)17(24-28(26)20(5,6)7)14-11-16-15(22-12-14)9-8-10-21-16/h8-13H,1-7H3,(H,23,25)/b24-17+/t13-,28?/m0/s1. The Labute approximate surface area is 168 Å². The molecular formula is C20H28N4O3S. The van der Waals surface area contributed by atoms with Crippen molar-refractivity contribution in [1.29, 1.82) is 0 Å². The van der Waals surface area contributed by atoms with Crippen LogP contribution in [0.15, 0.2) is 35.0 Å². The summed E-state index contributed by atoms with van der Waals surface area (Å²) in [6, 6.07) is 4.96. The summed E-state index contributed by atoms with van der Waals surface area (Å²) in [4.78, 5) is 20.9. The van der Waals surface area contributed by atoms with Gasteiger partial charge in [0, 0.05) is 18.0 Å². The van der Waals surface area contributed by atoms with Gasteiger partial charge >= 0.3 is 6.09 Å². The fraction of sp³-hybridized carbons (Fsp3) is 0.500. The van der Waals surface area contributed by atoms with E-state index < -0.39 is 33.5 Å². The van der Waals surface area contributed by atoms with Crippen molar-refractivity contribution in [3.63, 3.8) is 0 Å². The maximum atomic E-state index is 12.7. The summed E-state index contributed by atoms with van der Waals surface area (Å²) in [6.45, 7) is 12.7. The number of pyridine rings is 2. The topological polar surface area (TPSA) is 93.5 Å². The molecule has 1 N–H and O–H groups in total. The highest BCUT2D eigenvalue weighted by Gasteiger charge is 2.25. The predicted octanol–water partition coefficient (Wildman–Crippen LogP) is 3.79. The van der Waals surface area contributed by atoms with E-state index in [0.717, 1.165) is 5.52 Å². The van der Waals surface area contributed by atoms with Crippen LogP contribution in [-0.2, 0) is 15.7 Å². The molecule has 0 bridgehead atoms. The Morgan fingerprint density at radius 1 is 1.18 bits per heavy atom. The lowest BCUT2D eigenvalue weighted by Gasteiger charge is -2.23. The molecular weight excluding hydrogens is 376 g/mol. The second-order valence-electron chi connectivity index (χ2n) is 8.47. The molecule has 1 amide bonds. The number of rotatable bonds is 4. The molecule has 8 heteroatoms. The summed E-state index contributed by atoms with van der Waals surface area (Å²) in [5, 5.41) is 2.77. The lowest BCUT2D eigenvalue weighted by Crippen LogP contribution is -2.42. The van der Waals surface area contributed by atoms with E-state index >= 15 is 0 Å². The molecule has 0 saturated carbocycles. The van der Waals surface area contributed by atoms with E-state index in [1.807, 2.05) is 39.0 Å². The van der Waals surface area contributed by atoms with Gasteiger partial charge < -0.3 is 10.1 Å². The van der Waals surface area contributed by atoms with Crippen molar-refractivity contribution in [2.45, 2.75) is 64.9 Å². The van der Waals surface area contributed by atoms with Gasteiger partial charge in [0.15, 0.2) is 0 Å². The Morgan fingerprint density at radius 3 is 2.46 bits per heavy atom. The predicted molar refractivity (Wildman–Crippen MR) is 113 cm³/mol. The number of carbonyl (C=O) groups is 1. The first-order valence-corrected chi connectivity index (χ1v) is 10.2. The molecule has 2 aromatic heterocycles. The van der Waals surface area contributed by atoms with Gasteiger partial charge in [0.05, 0.1) is 27.5 Å². The molecule has 2 rings (SSSR count). The van der Waals surface area contributed by atoms with Crippen LogP contribution in [0.1, 0.15) is 54.0 Å². The van der Waals surface area contributed by atoms with E-state index in [9.17, 15) is 9.00 Å². The minimum absolute atomic E-state index is 0.458. The van der Waals surface area contributed by atoms with Gasteiger partial charge in [0.1, 0.15) is 16.6 Å². The molecule has 0 aliphatic carbocycles. The van der Waals surface area contributed by atoms with Gasteiger partial charge in [-0.15, -0.1) is 0 Å². The summed E-state index contributed by atoms with van der Waals surface area (Å²) >= 11 is 0. The van der Waals surface area contributed by atoms with Gasteiger partial charge in [-0.25, -0.2) is 9.00 Å². The first-order valence-electron chi connectivity index (χ1n) is 9.08. The normalized spacial score (nSPS) is 15.2. The summed E-state index contributed by atoms with van der Waals surface area (Å²) in [7, 11) is -1.51. The number of ether oxygens (including phenoxy) is 1. The number of alkyl carbamates (subject to hydrolysis) is 1. The van der Waals surface area contributed by atoms with Crippen molar-refractivity contribution in [3.8, 4) is 0 Å². The van der Waals surface area contributed by atoms with E-state index in [1.54, 1.807) is 40.1 Å². The van der Waals surface area contributed by atoms with Gasteiger partial charge in [-0.2, -0.15) is 4.40 Å². The quantitative estimate of drug-likeness (QED) is 0.783. The zero-order chi connectivity index (χ0) is 21.1. The molecule has 0 aromatic carbocycles. The van der Waals surface area contributed by atoms with E-state index in [0.29, 0.717) is 16.8 Å². The molecule has 0 radical (unpaired) electrons. The van der Waals surface area contributed by atoms with Crippen LogP contribution in [0, 0.1) is 0 Å². The lowest BCUT2D eigenvalue weighted by atomic mass is 10.1. The van der Waals surface area contributed by atoms with Crippen LogP contribution in [0.2, 0.25) is 0 Å². The Bertz CT molecular complexity index is 914. The van der Waals surface area contributed by atoms with E-state index in [1.165, 1.54) is 0 Å². The maximum Gasteiger partial charge on any atom is 0.408 e. The molecule has 2 heterocycles. The summed E-state index contributed by atoms with van der Waals surface area (Å²) in [5.41, 5.74) is 1.92. The van der Waals surface area contributed by atoms with Crippen molar-refractivity contribution in [2.75, 3.05) is 0 Å². The number of carbonyl (C=O) groups excluding carboxylic acids is 1. The number of nitrogens with one attached hydrogen (secondary N) is 1. The van der Waals surface area contributed by atoms with Crippen LogP contribution >= 0.6 is 0 Å². The molecule has 0 fully saturated rings. The fourth-order valence-corrected chi connectivity index (χ4v) is 2.97. The second-order valence-corrected chi connectivity index (χ2v) is 10.4. The van der Waals surface area contributed by atoms with Crippen LogP contribution < -0.4 is 5.32 Å². The van der Waals surface area contributed by atoms with Gasteiger partial charge in [-0.3, -0.25) is 9.97 Å². The Hall–Kier alpha value is -2.35. The first-order chi connectivity index (χ1) is 12.9. The Balaban J connectivity index is 2.42. The molecule has 0 saturated heterocycles. The maximum absolute atomic E-state index is 12.7. The van der Waals surface area contributed by atoms with Crippen molar-refractivity contribution in [3.05, 3.63) is 36.2 Å². The molecule has 1 unspecified atom stereocenters. The minimum atomic E-state index is -1.51. The molecule has 7 nitrogen and oxygen atoms in total. The number of nitrogens with zero attached hydrogens (tertiary/aromatic N) is 3. The molecule has 0 aliphatic heterocycles. The van der Waals surface area contributed by atoms with Gasteiger partial charge in [-0.05, 0) is 66.7 Å². The average Bonchev–Trinajstić information content (AvgIpc) is 2.56. The lowest BCUT2D eigenvalue weighted by molar-refractivity contribution is 0.0521. The molecule has 0 aliphatic rings. The van der Waals surface area contributed by atoms with Crippen LogP contribution in [0.25, 0.3) is 11.0 Å². The number of hydrogen-bond donors (Lipinski definition) is 1. The molecule has 0 spiro atoms. The average molecular weight is 405 g/mol. The van der Waals surface area contributed by atoms with Crippen molar-refractivity contribution >= 4 is 33.8 Å². The fourth-order valence-electron chi connectivity index (χ4n) is 2.25. The highest BCUT2D eigenvalue weighted by molar-refractivity contribution is 7.85. The largest absolute Gasteiger partial charge is 0.444 e. The second kappa shape index (κ2) is 8.34. The third kappa shape index (κ3) is 6.09. The zero-order valence-electron chi connectivity index (χ0n) is 17.4. The summed E-state index contributed by atoms with van der Waals surface area (Å²) in [6.07, 6.45) is 2.76. The van der Waals surface area contributed by atoms with Gasteiger partial charge in [0.25, 0.3) is 0 Å². The van der Waals surface area contributed by atoms with E-state index in [2.05, 4.69) is 19.7 Å². The summed E-state index contributed by atoms with van der Waals surface area (Å²) < 4.78 is 21.9. The van der Waals surface area contributed by atoms with Crippen LogP contribution in [0.3, 0.4) is 0 Å². The SMILES string of the molecule is C[C@H](NC(=O)OC(C)(C)C)/C(=N\S(=O)C(C)(C)C)c1cnc2cccnc2c1. The third-order valence-electron chi connectivity index (χ3n) is 3.60. The first kappa shape index (κ1) is 21.9. The third-order valence-corrected chi connectivity index (χ3v) is 5.01. The number of aromatic nitrogens is 2. The molecule has 152 valence electrons. The smallest absolute Gasteiger partial charge is 0.408 e. The zero-order valence-corrected chi connectivity index (χ0v) is 18.3. The number of amides is 1. The molecule has 2 aromatic rings. The molecule has 28 heavy (non-hydrogen) atoms. The Morgan fingerprint density at radius 2 is 1.86 bits per heavy atom. The van der Waals surface area contributed by atoms with Crippen molar-refractivity contribution in [1.82, 2.24) is 15.3 Å². The van der Waals surface area contributed by atoms with Crippen LogP contribution in [-0.4, -0.2) is 42.4 Å². The van der Waals surface area contributed by atoms with E-state index in [-0.39, 0.29) is 0 Å². The summed E-state index contributed by atoms with van der Waals surface area (Å²) in [5.74, 6) is 0. The number of hydrogen-bond acceptors (Lipinski definition) is 5. The van der Waals surface area contributed by atoms with E-state index in [4.69, 9.17) is 4.74 Å². The highest BCUT2D eigenvalue weighted by Crippen LogP contribution is 2.18. The minimum Gasteiger partial charge on any atom is -0.444 e. The highest BCUT2D eigenvalue weighted by atomic mass is 32.2. The van der Waals surface area contributed by atoms with Crippen LogP contribution in [0.5, 0.6) is 0 Å². The monoisotopic (exact) mass is 404 g/mol. The number of fused-ring (bicyclic) bond motifs is 1. The van der Waals surface area contributed by atoms with Crippen LogP contribution in [0.4, 0.5) is 4.79 Å². The van der Waals surface area contributed by atoms with Gasteiger partial charge in [-0.1, -0.05) is 0 Å². The van der Waals surface area contributed by atoms with Gasteiger partial charge in [0.2, 0.25) is 0 Å². The Kier molecular flexibility index (Phi) is 6.54. The molecule has 2 atom stereocenters. The van der Waals surface area contributed by atoms with Crippen molar-refractivity contribution in [2.24, 2.45) is 4.40 Å².